The number of fused-ring (bicyclic) bond motifs is 1. The van der Waals surface area contributed by atoms with Crippen molar-refractivity contribution in [2.75, 3.05) is 0 Å². The largest absolute Gasteiger partial charge is 0.348 e. The van der Waals surface area contributed by atoms with Crippen LogP contribution in [0.5, 0.6) is 0 Å². The van der Waals surface area contributed by atoms with Crippen LogP contribution in [-0.2, 0) is 6.54 Å². The van der Waals surface area contributed by atoms with E-state index in [1.807, 2.05) is 0 Å². The molecule has 0 bridgehead atoms. The number of nitrogens with one attached hydrogen (secondary N) is 1. The number of benzene rings is 1. The number of hydrogen-bond acceptors (Lipinski definition) is 5. The van der Waals surface area contributed by atoms with Crippen LogP contribution in [0, 0.1) is 17.0 Å². The lowest BCUT2D eigenvalue weighted by Crippen LogP contribution is -2.24. The van der Waals surface area contributed by atoms with Gasteiger partial charge in [-0.3, -0.25) is 14.9 Å². The number of para-hydroxylation sites is 1. The standard InChI is InChI=1S/C15H13N5O3/c1-10-13(14-16-7-4-8-19(14)18-10)15(21)17-9-11-5-2-3-6-12(11)20(22)23/h2-8H,9H2,1H3,(H,17,21). The van der Waals surface area contributed by atoms with Gasteiger partial charge in [-0.2, -0.15) is 5.10 Å². The lowest BCUT2D eigenvalue weighted by atomic mass is 10.1. The highest BCUT2D eigenvalue weighted by Gasteiger charge is 2.19. The Balaban J connectivity index is 1.85. The van der Waals surface area contributed by atoms with Gasteiger partial charge in [0.25, 0.3) is 11.6 Å². The highest BCUT2D eigenvalue weighted by atomic mass is 16.6. The fraction of sp³-hybridized carbons (Fsp3) is 0.133. The number of nitro groups is 1. The van der Waals surface area contributed by atoms with E-state index < -0.39 is 4.92 Å². The minimum absolute atomic E-state index is 0.0255. The zero-order chi connectivity index (χ0) is 16.4. The smallest absolute Gasteiger partial charge is 0.274 e. The lowest BCUT2D eigenvalue weighted by Gasteiger charge is -2.05. The van der Waals surface area contributed by atoms with Crippen LogP contribution >= 0.6 is 0 Å². The van der Waals surface area contributed by atoms with Crippen LogP contribution in [0.4, 0.5) is 5.69 Å². The molecule has 1 N–H and O–H groups in total. The Labute approximate surface area is 130 Å². The first kappa shape index (κ1) is 14.6. The molecule has 8 heteroatoms. The Morgan fingerprint density at radius 3 is 2.91 bits per heavy atom. The van der Waals surface area contributed by atoms with E-state index in [0.29, 0.717) is 22.5 Å². The Kier molecular flexibility index (Phi) is 3.71. The maximum atomic E-state index is 12.4. The van der Waals surface area contributed by atoms with Gasteiger partial charge < -0.3 is 5.32 Å². The van der Waals surface area contributed by atoms with Crippen molar-refractivity contribution >= 4 is 17.2 Å². The molecule has 116 valence electrons. The van der Waals surface area contributed by atoms with E-state index in [1.165, 1.54) is 10.6 Å². The number of aromatic nitrogens is 3. The van der Waals surface area contributed by atoms with Gasteiger partial charge in [0.05, 0.1) is 10.6 Å². The highest BCUT2D eigenvalue weighted by Crippen LogP contribution is 2.18. The molecule has 0 aliphatic rings. The second-order valence-electron chi connectivity index (χ2n) is 4.92. The van der Waals surface area contributed by atoms with Gasteiger partial charge in [-0.05, 0) is 13.0 Å². The van der Waals surface area contributed by atoms with E-state index in [-0.39, 0.29) is 18.1 Å². The van der Waals surface area contributed by atoms with Crippen molar-refractivity contribution in [3.63, 3.8) is 0 Å². The van der Waals surface area contributed by atoms with E-state index in [1.54, 1.807) is 43.6 Å². The summed E-state index contributed by atoms with van der Waals surface area (Å²) < 4.78 is 1.52. The lowest BCUT2D eigenvalue weighted by molar-refractivity contribution is -0.385. The van der Waals surface area contributed by atoms with E-state index >= 15 is 0 Å². The van der Waals surface area contributed by atoms with E-state index in [4.69, 9.17) is 0 Å². The fourth-order valence-electron chi connectivity index (χ4n) is 2.36. The number of nitro benzene ring substituents is 1. The van der Waals surface area contributed by atoms with Crippen LogP contribution in [0.2, 0.25) is 0 Å². The molecule has 0 saturated heterocycles. The van der Waals surface area contributed by atoms with Gasteiger partial charge in [-0.1, -0.05) is 18.2 Å². The summed E-state index contributed by atoms with van der Waals surface area (Å²) in [6, 6.07) is 8.01. The van der Waals surface area contributed by atoms with Crippen LogP contribution < -0.4 is 5.32 Å². The van der Waals surface area contributed by atoms with Gasteiger partial charge in [-0.15, -0.1) is 0 Å². The highest BCUT2D eigenvalue weighted by molar-refractivity contribution is 6.00. The van der Waals surface area contributed by atoms with Crippen molar-refractivity contribution in [2.45, 2.75) is 13.5 Å². The molecule has 0 aliphatic carbocycles. The summed E-state index contributed by atoms with van der Waals surface area (Å²) >= 11 is 0. The van der Waals surface area contributed by atoms with Crippen molar-refractivity contribution in [1.29, 1.82) is 0 Å². The predicted molar refractivity (Wildman–Crippen MR) is 82.0 cm³/mol. The topological polar surface area (TPSA) is 102 Å². The van der Waals surface area contributed by atoms with E-state index in [0.717, 1.165) is 0 Å². The Morgan fingerprint density at radius 1 is 1.35 bits per heavy atom. The van der Waals surface area contributed by atoms with Crippen LogP contribution in [0.15, 0.2) is 42.7 Å². The summed E-state index contributed by atoms with van der Waals surface area (Å²) in [4.78, 5) is 27.1. The molecule has 0 unspecified atom stereocenters. The van der Waals surface area contributed by atoms with Crippen molar-refractivity contribution in [1.82, 2.24) is 19.9 Å². The number of hydrogen-bond donors (Lipinski definition) is 1. The molecule has 1 amide bonds. The number of carbonyl (C=O) groups excluding carboxylic acids is 1. The molecule has 1 aromatic carbocycles. The molecule has 3 aromatic rings. The van der Waals surface area contributed by atoms with Crippen molar-refractivity contribution < 1.29 is 9.72 Å². The summed E-state index contributed by atoms with van der Waals surface area (Å²) in [6.45, 7) is 1.77. The number of nitrogens with zero attached hydrogens (tertiary/aromatic N) is 4. The third kappa shape index (κ3) is 2.73. The summed E-state index contributed by atoms with van der Waals surface area (Å²) in [5.41, 5.74) is 1.77. The second kappa shape index (κ2) is 5.84. The van der Waals surface area contributed by atoms with Gasteiger partial charge in [0, 0.05) is 30.6 Å². The third-order valence-electron chi connectivity index (χ3n) is 3.43. The van der Waals surface area contributed by atoms with Gasteiger partial charge >= 0.3 is 0 Å². The summed E-state index contributed by atoms with van der Waals surface area (Å²) in [6.07, 6.45) is 3.28. The van der Waals surface area contributed by atoms with Crippen molar-refractivity contribution in [3.8, 4) is 0 Å². The van der Waals surface area contributed by atoms with Crippen LogP contribution in [-0.4, -0.2) is 25.4 Å². The third-order valence-corrected chi connectivity index (χ3v) is 3.43. The number of amides is 1. The quantitative estimate of drug-likeness (QED) is 0.585. The maximum Gasteiger partial charge on any atom is 0.274 e. The van der Waals surface area contributed by atoms with Crippen LogP contribution in [0.1, 0.15) is 21.6 Å². The van der Waals surface area contributed by atoms with Gasteiger partial charge in [0.1, 0.15) is 5.56 Å². The Bertz CT molecular complexity index is 903. The Hall–Kier alpha value is -3.29. The molecule has 0 atom stereocenters. The van der Waals surface area contributed by atoms with Gasteiger partial charge in [0.15, 0.2) is 5.65 Å². The molecule has 2 heterocycles. The van der Waals surface area contributed by atoms with E-state index in [9.17, 15) is 14.9 Å². The summed E-state index contributed by atoms with van der Waals surface area (Å²) in [5, 5.41) is 17.9. The molecule has 2 aromatic heterocycles. The summed E-state index contributed by atoms with van der Waals surface area (Å²) in [7, 11) is 0. The Morgan fingerprint density at radius 2 is 2.13 bits per heavy atom. The number of aryl methyl sites for hydroxylation is 1. The zero-order valence-electron chi connectivity index (χ0n) is 12.3. The van der Waals surface area contributed by atoms with Gasteiger partial charge in [-0.25, -0.2) is 9.50 Å². The molecule has 0 aliphatic heterocycles. The van der Waals surface area contributed by atoms with Crippen molar-refractivity contribution in [3.05, 3.63) is 69.7 Å². The zero-order valence-corrected chi connectivity index (χ0v) is 12.3. The average Bonchev–Trinajstić information content (AvgIpc) is 2.88. The first-order valence-electron chi connectivity index (χ1n) is 6.88. The second-order valence-corrected chi connectivity index (χ2v) is 4.92. The molecule has 0 spiro atoms. The predicted octanol–water partition coefficient (Wildman–Crippen LogP) is 1.88. The molecule has 0 radical (unpaired) electrons. The van der Waals surface area contributed by atoms with Crippen molar-refractivity contribution in [2.24, 2.45) is 0 Å². The monoisotopic (exact) mass is 311 g/mol. The molecule has 8 nitrogen and oxygen atoms in total. The fourth-order valence-corrected chi connectivity index (χ4v) is 2.36. The molecule has 0 fully saturated rings. The molecular weight excluding hydrogens is 298 g/mol. The normalized spacial score (nSPS) is 10.7. The van der Waals surface area contributed by atoms with Crippen LogP contribution in [0.3, 0.4) is 0 Å². The minimum Gasteiger partial charge on any atom is -0.348 e. The minimum atomic E-state index is -0.469. The SMILES string of the molecule is Cc1nn2cccnc2c1C(=O)NCc1ccccc1[N+](=O)[O-]. The number of rotatable bonds is 4. The molecule has 23 heavy (non-hydrogen) atoms. The van der Waals surface area contributed by atoms with E-state index in [2.05, 4.69) is 15.4 Å². The first-order valence-corrected chi connectivity index (χ1v) is 6.88. The first-order chi connectivity index (χ1) is 11.1. The average molecular weight is 311 g/mol. The molecular formula is C15H13N5O3. The molecule has 0 saturated carbocycles. The number of carbonyl (C=O) groups is 1. The molecule has 3 rings (SSSR count). The maximum absolute atomic E-state index is 12.4. The summed E-state index contributed by atoms with van der Waals surface area (Å²) in [5.74, 6) is -0.366. The van der Waals surface area contributed by atoms with Gasteiger partial charge in [0.2, 0.25) is 0 Å². The van der Waals surface area contributed by atoms with Crippen LogP contribution in [0.25, 0.3) is 5.65 Å².